The quantitative estimate of drug-likeness (QED) is 0.895. The molecule has 0 unspecified atom stereocenters. The molecule has 0 bridgehead atoms. The zero-order valence-corrected chi connectivity index (χ0v) is 10.6. The number of nitrogens with two attached hydrogens (primary N) is 1. The first kappa shape index (κ1) is 12.4. The number of aromatic nitrogens is 1. The molecule has 1 aromatic heterocycles. The second-order valence-corrected chi connectivity index (χ2v) is 4.44. The Balaban J connectivity index is 2.85. The van der Waals surface area contributed by atoms with Crippen LogP contribution in [0.3, 0.4) is 0 Å². The third-order valence-electron chi connectivity index (χ3n) is 2.97. The summed E-state index contributed by atoms with van der Waals surface area (Å²) in [5.41, 5.74) is 6.49. The van der Waals surface area contributed by atoms with E-state index < -0.39 is 5.91 Å². The highest BCUT2D eigenvalue weighted by Gasteiger charge is 2.12. The number of pyridine rings is 1. The molecule has 0 aliphatic carbocycles. The summed E-state index contributed by atoms with van der Waals surface area (Å²) in [5, 5.41) is 1.39. The minimum Gasteiger partial charge on any atom is -0.364 e. The maximum absolute atomic E-state index is 12.4. The number of carbonyl (C=O) groups excluding carboxylic acids is 1. The van der Waals surface area contributed by atoms with Gasteiger partial charge in [-0.2, -0.15) is 0 Å². The van der Waals surface area contributed by atoms with Crippen LogP contribution in [0.5, 0.6) is 0 Å². The van der Waals surface area contributed by atoms with Crippen molar-refractivity contribution < 1.29 is 4.79 Å². The Morgan fingerprint density at radius 1 is 1.33 bits per heavy atom. The second kappa shape index (κ2) is 4.64. The van der Waals surface area contributed by atoms with Crippen molar-refractivity contribution in [1.82, 2.24) is 4.57 Å². The first-order valence-corrected chi connectivity index (χ1v) is 5.98. The van der Waals surface area contributed by atoms with Crippen molar-refractivity contribution in [1.29, 1.82) is 0 Å². The Morgan fingerprint density at radius 3 is 2.67 bits per heavy atom. The Kier molecular flexibility index (Phi) is 3.19. The summed E-state index contributed by atoms with van der Waals surface area (Å²) in [6.45, 7) is 4.39. The Labute approximate surface area is 105 Å². The molecule has 4 heteroatoms. The van der Waals surface area contributed by atoms with Gasteiger partial charge >= 0.3 is 0 Å². The molecule has 0 radical (unpaired) electrons. The van der Waals surface area contributed by atoms with Crippen LogP contribution in [0.25, 0.3) is 10.8 Å². The van der Waals surface area contributed by atoms with Gasteiger partial charge in [-0.3, -0.25) is 9.59 Å². The minimum absolute atomic E-state index is 0.146. The normalized spacial score (nSPS) is 10.8. The molecule has 0 aliphatic rings. The van der Waals surface area contributed by atoms with E-state index in [-0.39, 0.29) is 11.3 Å². The van der Waals surface area contributed by atoms with E-state index in [1.807, 2.05) is 32.0 Å². The summed E-state index contributed by atoms with van der Waals surface area (Å²) in [6, 6.07) is 7.29. The lowest BCUT2D eigenvalue weighted by molar-refractivity contribution is 0.0990. The van der Waals surface area contributed by atoms with Gasteiger partial charge in [0.1, 0.15) is 5.69 Å². The topological polar surface area (TPSA) is 65.1 Å². The van der Waals surface area contributed by atoms with E-state index in [0.717, 1.165) is 17.4 Å². The Morgan fingerprint density at radius 2 is 2.06 bits per heavy atom. The van der Waals surface area contributed by atoms with E-state index in [0.29, 0.717) is 11.9 Å². The van der Waals surface area contributed by atoms with E-state index in [4.69, 9.17) is 5.73 Å². The lowest BCUT2D eigenvalue weighted by Crippen LogP contribution is -2.29. The van der Waals surface area contributed by atoms with Crippen molar-refractivity contribution in [2.24, 2.45) is 5.73 Å². The SMILES string of the molecule is CCCn1c(C(N)=O)cc2ccc(C)cc2c1=O. The Bertz CT molecular complexity index is 671. The average Bonchev–Trinajstić information content (AvgIpc) is 2.33. The third kappa shape index (κ3) is 2.01. The average molecular weight is 244 g/mol. The van der Waals surface area contributed by atoms with Crippen LogP contribution in [0.1, 0.15) is 29.4 Å². The van der Waals surface area contributed by atoms with Crippen LogP contribution in [0.4, 0.5) is 0 Å². The summed E-state index contributed by atoms with van der Waals surface area (Å²) in [4.78, 5) is 23.8. The van der Waals surface area contributed by atoms with Crippen LogP contribution in [-0.4, -0.2) is 10.5 Å². The molecule has 0 atom stereocenters. The highest BCUT2D eigenvalue weighted by atomic mass is 16.2. The van der Waals surface area contributed by atoms with E-state index in [2.05, 4.69) is 0 Å². The van der Waals surface area contributed by atoms with Crippen molar-refractivity contribution in [2.75, 3.05) is 0 Å². The van der Waals surface area contributed by atoms with Gasteiger partial charge in [0.05, 0.1) is 0 Å². The number of carbonyl (C=O) groups is 1. The van der Waals surface area contributed by atoms with Crippen molar-refractivity contribution in [2.45, 2.75) is 26.8 Å². The molecule has 1 heterocycles. The maximum Gasteiger partial charge on any atom is 0.265 e. The first-order valence-electron chi connectivity index (χ1n) is 5.98. The monoisotopic (exact) mass is 244 g/mol. The molecule has 0 spiro atoms. The molecule has 2 rings (SSSR count). The molecular weight excluding hydrogens is 228 g/mol. The fraction of sp³-hybridized carbons (Fsp3) is 0.286. The van der Waals surface area contributed by atoms with Crippen molar-refractivity contribution in [3.05, 3.63) is 45.9 Å². The van der Waals surface area contributed by atoms with Gasteiger partial charge in [-0.15, -0.1) is 0 Å². The summed E-state index contributed by atoms with van der Waals surface area (Å²) in [7, 11) is 0. The van der Waals surface area contributed by atoms with Gasteiger partial charge in [-0.05, 0) is 30.9 Å². The summed E-state index contributed by atoms with van der Waals surface area (Å²) in [6.07, 6.45) is 0.775. The fourth-order valence-electron chi connectivity index (χ4n) is 2.11. The number of amides is 1. The lowest BCUT2D eigenvalue weighted by atomic mass is 10.1. The smallest absolute Gasteiger partial charge is 0.265 e. The Hall–Kier alpha value is -2.10. The van der Waals surface area contributed by atoms with Crippen LogP contribution >= 0.6 is 0 Å². The summed E-state index contributed by atoms with van der Waals surface area (Å²) in [5.74, 6) is -0.567. The van der Waals surface area contributed by atoms with E-state index in [9.17, 15) is 9.59 Å². The summed E-state index contributed by atoms with van der Waals surface area (Å²) >= 11 is 0. The molecular formula is C14H16N2O2. The molecule has 2 N–H and O–H groups in total. The standard InChI is InChI=1S/C14H16N2O2/c1-3-6-16-12(13(15)17)8-10-5-4-9(2)7-11(10)14(16)18/h4-5,7-8H,3,6H2,1-2H3,(H2,15,17). The van der Waals surface area contributed by atoms with Gasteiger partial charge in [0.15, 0.2) is 0 Å². The number of hydrogen-bond donors (Lipinski definition) is 1. The molecule has 4 nitrogen and oxygen atoms in total. The van der Waals surface area contributed by atoms with Crippen LogP contribution in [0.2, 0.25) is 0 Å². The summed E-state index contributed by atoms with van der Waals surface area (Å²) < 4.78 is 1.46. The number of benzene rings is 1. The zero-order valence-electron chi connectivity index (χ0n) is 10.6. The molecule has 1 aromatic carbocycles. The fourth-order valence-corrected chi connectivity index (χ4v) is 2.11. The van der Waals surface area contributed by atoms with Crippen molar-refractivity contribution >= 4 is 16.7 Å². The van der Waals surface area contributed by atoms with E-state index in [1.165, 1.54) is 4.57 Å². The van der Waals surface area contributed by atoms with Gasteiger partial charge in [-0.1, -0.05) is 24.6 Å². The molecule has 94 valence electrons. The highest BCUT2D eigenvalue weighted by Crippen LogP contribution is 2.14. The van der Waals surface area contributed by atoms with Crippen LogP contribution < -0.4 is 11.3 Å². The van der Waals surface area contributed by atoms with Gasteiger partial charge < -0.3 is 10.3 Å². The van der Waals surface area contributed by atoms with Crippen molar-refractivity contribution in [3.8, 4) is 0 Å². The first-order chi connectivity index (χ1) is 8.54. The predicted octanol–water partition coefficient (Wildman–Crippen LogP) is 1.82. The molecule has 18 heavy (non-hydrogen) atoms. The van der Waals surface area contributed by atoms with Crippen LogP contribution in [0, 0.1) is 6.92 Å². The van der Waals surface area contributed by atoms with Gasteiger partial charge in [0.25, 0.3) is 11.5 Å². The van der Waals surface area contributed by atoms with Gasteiger partial charge in [-0.25, -0.2) is 0 Å². The van der Waals surface area contributed by atoms with Crippen LogP contribution in [-0.2, 0) is 6.54 Å². The third-order valence-corrected chi connectivity index (χ3v) is 2.97. The van der Waals surface area contributed by atoms with E-state index in [1.54, 1.807) is 6.07 Å². The molecule has 0 fully saturated rings. The molecule has 0 saturated heterocycles. The lowest BCUT2D eigenvalue weighted by Gasteiger charge is -2.11. The predicted molar refractivity (Wildman–Crippen MR) is 71.8 cm³/mol. The van der Waals surface area contributed by atoms with E-state index >= 15 is 0 Å². The largest absolute Gasteiger partial charge is 0.364 e. The van der Waals surface area contributed by atoms with Crippen molar-refractivity contribution in [3.63, 3.8) is 0 Å². The number of nitrogens with zero attached hydrogens (tertiary/aromatic N) is 1. The molecule has 0 saturated carbocycles. The highest BCUT2D eigenvalue weighted by molar-refractivity contribution is 5.95. The van der Waals surface area contributed by atoms with Gasteiger partial charge in [0.2, 0.25) is 0 Å². The van der Waals surface area contributed by atoms with Gasteiger partial charge in [0, 0.05) is 11.9 Å². The number of primary amides is 1. The maximum atomic E-state index is 12.4. The molecule has 1 amide bonds. The number of fused-ring (bicyclic) bond motifs is 1. The number of aryl methyl sites for hydroxylation is 1. The second-order valence-electron chi connectivity index (χ2n) is 4.44. The van der Waals surface area contributed by atoms with Crippen LogP contribution in [0.15, 0.2) is 29.1 Å². The molecule has 2 aromatic rings. The number of hydrogen-bond acceptors (Lipinski definition) is 2. The zero-order chi connectivity index (χ0) is 13.3. The number of rotatable bonds is 3. The minimum atomic E-state index is -0.567. The molecule has 0 aliphatic heterocycles.